The van der Waals surface area contributed by atoms with Gasteiger partial charge in [0.1, 0.15) is 16.4 Å². The lowest BCUT2D eigenvalue weighted by Gasteiger charge is -2.08. The number of halogens is 2. The molecular weight excluding hydrogens is 377 g/mol. The summed E-state index contributed by atoms with van der Waals surface area (Å²) in [4.78, 5) is 4.29. The third-order valence-corrected chi connectivity index (χ3v) is 5.99. The predicted molar refractivity (Wildman–Crippen MR) is 100 cm³/mol. The molecule has 2 heterocycles. The summed E-state index contributed by atoms with van der Waals surface area (Å²) in [5.41, 5.74) is 1.92. The van der Waals surface area contributed by atoms with E-state index < -0.39 is 15.8 Å². The Hall–Kier alpha value is -1.96. The van der Waals surface area contributed by atoms with Crippen molar-refractivity contribution in [3.05, 3.63) is 59.1 Å². The highest BCUT2D eigenvalue weighted by molar-refractivity contribution is 7.89. The van der Waals surface area contributed by atoms with Crippen molar-refractivity contribution in [2.24, 2.45) is 0 Å². The van der Waals surface area contributed by atoms with Crippen molar-refractivity contribution in [2.75, 3.05) is 6.54 Å². The van der Waals surface area contributed by atoms with Gasteiger partial charge in [0.25, 0.3) is 0 Å². The number of aromatic nitrogens is 2. The van der Waals surface area contributed by atoms with Crippen molar-refractivity contribution < 1.29 is 12.8 Å². The summed E-state index contributed by atoms with van der Waals surface area (Å²) >= 11 is 5.86. The predicted octanol–water partition coefficient (Wildman–Crippen LogP) is 3.76. The maximum atomic E-state index is 13.1. The standard InChI is InChI=1S/C18H19ClFN3O2S/c1-2-10-23-12-13(15-4-3-8-21-18(15)23)7-9-22-26(24,25)17-6-5-14(20)11-16(17)19/h3-6,8,11-12,22H,2,7,9-10H2,1H3. The molecule has 3 aromatic rings. The topological polar surface area (TPSA) is 64.0 Å². The van der Waals surface area contributed by atoms with Gasteiger partial charge in [-0.2, -0.15) is 0 Å². The minimum atomic E-state index is -3.81. The SMILES string of the molecule is CCCn1cc(CCNS(=O)(=O)c2ccc(F)cc2Cl)c2cccnc21. The zero-order chi connectivity index (χ0) is 18.7. The Morgan fingerprint density at radius 1 is 1.31 bits per heavy atom. The molecule has 0 aliphatic heterocycles. The van der Waals surface area contributed by atoms with Crippen molar-refractivity contribution in [2.45, 2.75) is 31.2 Å². The van der Waals surface area contributed by atoms with E-state index in [2.05, 4.69) is 21.2 Å². The van der Waals surface area contributed by atoms with E-state index in [0.29, 0.717) is 6.42 Å². The average Bonchev–Trinajstić information content (AvgIpc) is 2.93. The molecule has 8 heteroatoms. The number of rotatable bonds is 7. The van der Waals surface area contributed by atoms with Gasteiger partial charge in [-0.1, -0.05) is 18.5 Å². The number of aryl methyl sites for hydroxylation is 1. The second-order valence-corrected chi connectivity index (χ2v) is 8.09. The van der Waals surface area contributed by atoms with Crippen molar-refractivity contribution in [3.8, 4) is 0 Å². The van der Waals surface area contributed by atoms with Gasteiger partial charge in [0, 0.05) is 30.9 Å². The molecule has 0 bridgehead atoms. The molecule has 3 rings (SSSR count). The summed E-state index contributed by atoms with van der Waals surface area (Å²) in [6.45, 7) is 3.15. The molecule has 0 radical (unpaired) electrons. The number of hydrogen-bond acceptors (Lipinski definition) is 3. The zero-order valence-corrected chi connectivity index (χ0v) is 15.8. The number of benzene rings is 1. The minimum Gasteiger partial charge on any atom is -0.332 e. The number of nitrogens with one attached hydrogen (secondary N) is 1. The van der Waals surface area contributed by atoms with Crippen LogP contribution in [-0.2, 0) is 23.0 Å². The lowest BCUT2D eigenvalue weighted by Crippen LogP contribution is -2.26. The van der Waals surface area contributed by atoms with Crippen LogP contribution < -0.4 is 4.72 Å². The number of pyridine rings is 1. The summed E-state index contributed by atoms with van der Waals surface area (Å²) in [6, 6.07) is 7.07. The van der Waals surface area contributed by atoms with Gasteiger partial charge < -0.3 is 4.57 Å². The number of hydrogen-bond donors (Lipinski definition) is 1. The average molecular weight is 396 g/mol. The first-order valence-electron chi connectivity index (χ1n) is 8.30. The highest BCUT2D eigenvalue weighted by atomic mass is 35.5. The summed E-state index contributed by atoms with van der Waals surface area (Å²) in [5.74, 6) is -0.579. The maximum absolute atomic E-state index is 13.1. The lowest BCUT2D eigenvalue weighted by atomic mass is 10.2. The van der Waals surface area contributed by atoms with Crippen LogP contribution in [0.15, 0.2) is 47.6 Å². The lowest BCUT2D eigenvalue weighted by molar-refractivity contribution is 0.580. The van der Waals surface area contributed by atoms with Crippen LogP contribution in [0.1, 0.15) is 18.9 Å². The molecule has 1 N–H and O–H groups in total. The first kappa shape index (κ1) is 18.8. The van der Waals surface area contributed by atoms with Crippen LogP contribution in [0.3, 0.4) is 0 Å². The Bertz CT molecular complexity index is 1030. The van der Waals surface area contributed by atoms with E-state index in [0.717, 1.165) is 47.8 Å². The molecule has 138 valence electrons. The maximum Gasteiger partial charge on any atom is 0.242 e. The molecule has 0 unspecified atom stereocenters. The van der Waals surface area contributed by atoms with Crippen molar-refractivity contribution in [3.63, 3.8) is 0 Å². The molecule has 26 heavy (non-hydrogen) atoms. The molecule has 0 aliphatic rings. The third-order valence-electron chi connectivity index (χ3n) is 4.05. The summed E-state index contributed by atoms with van der Waals surface area (Å²) in [5, 5.41) is 0.876. The van der Waals surface area contributed by atoms with Crippen LogP contribution in [0.5, 0.6) is 0 Å². The molecule has 2 aromatic heterocycles. The van der Waals surface area contributed by atoms with Crippen molar-refractivity contribution in [1.82, 2.24) is 14.3 Å². The van der Waals surface area contributed by atoms with E-state index in [4.69, 9.17) is 11.6 Å². The Balaban J connectivity index is 1.76. The van der Waals surface area contributed by atoms with E-state index >= 15 is 0 Å². The first-order valence-corrected chi connectivity index (χ1v) is 10.2. The first-order chi connectivity index (χ1) is 12.4. The smallest absolute Gasteiger partial charge is 0.242 e. The fraction of sp³-hybridized carbons (Fsp3) is 0.278. The van der Waals surface area contributed by atoms with E-state index in [-0.39, 0.29) is 16.5 Å². The summed E-state index contributed by atoms with van der Waals surface area (Å²) in [7, 11) is -3.81. The molecule has 0 spiro atoms. The fourth-order valence-corrected chi connectivity index (χ4v) is 4.46. The van der Waals surface area contributed by atoms with Gasteiger partial charge in [-0.25, -0.2) is 22.5 Å². The monoisotopic (exact) mass is 395 g/mol. The molecule has 0 amide bonds. The minimum absolute atomic E-state index is 0.129. The van der Waals surface area contributed by atoms with E-state index in [1.807, 2.05) is 18.3 Å². The van der Waals surface area contributed by atoms with Crippen molar-refractivity contribution >= 4 is 32.7 Å². The second-order valence-electron chi connectivity index (χ2n) is 5.94. The molecule has 0 saturated heterocycles. The van der Waals surface area contributed by atoms with Crippen LogP contribution in [0, 0.1) is 5.82 Å². The van der Waals surface area contributed by atoms with Gasteiger partial charge in [0.15, 0.2) is 0 Å². The highest BCUT2D eigenvalue weighted by Crippen LogP contribution is 2.23. The zero-order valence-electron chi connectivity index (χ0n) is 14.2. The van der Waals surface area contributed by atoms with Crippen LogP contribution in [0.25, 0.3) is 11.0 Å². The van der Waals surface area contributed by atoms with E-state index in [1.165, 1.54) is 0 Å². The quantitative estimate of drug-likeness (QED) is 0.662. The van der Waals surface area contributed by atoms with Crippen LogP contribution in [0.4, 0.5) is 4.39 Å². The van der Waals surface area contributed by atoms with Gasteiger partial charge in [-0.15, -0.1) is 0 Å². The molecule has 0 aliphatic carbocycles. The number of nitrogens with zero attached hydrogens (tertiary/aromatic N) is 2. The van der Waals surface area contributed by atoms with Crippen LogP contribution >= 0.6 is 11.6 Å². The molecule has 5 nitrogen and oxygen atoms in total. The fourth-order valence-electron chi connectivity index (χ4n) is 2.90. The van der Waals surface area contributed by atoms with Gasteiger partial charge in [-0.3, -0.25) is 0 Å². The van der Waals surface area contributed by atoms with Crippen molar-refractivity contribution in [1.29, 1.82) is 0 Å². The van der Waals surface area contributed by atoms with E-state index in [9.17, 15) is 12.8 Å². The van der Waals surface area contributed by atoms with Gasteiger partial charge in [0.2, 0.25) is 10.0 Å². The Morgan fingerprint density at radius 2 is 2.12 bits per heavy atom. The Morgan fingerprint density at radius 3 is 2.85 bits per heavy atom. The van der Waals surface area contributed by atoms with Gasteiger partial charge in [0.05, 0.1) is 5.02 Å². The molecule has 1 aromatic carbocycles. The Kier molecular flexibility index (Phi) is 5.60. The van der Waals surface area contributed by atoms with Gasteiger partial charge in [-0.05, 0) is 48.7 Å². The van der Waals surface area contributed by atoms with Gasteiger partial charge >= 0.3 is 0 Å². The molecular formula is C18H19ClFN3O2S. The normalized spacial score (nSPS) is 12.0. The number of sulfonamides is 1. The van der Waals surface area contributed by atoms with E-state index in [1.54, 1.807) is 6.20 Å². The summed E-state index contributed by atoms with van der Waals surface area (Å²) < 4.78 is 42.5. The summed E-state index contributed by atoms with van der Waals surface area (Å²) in [6.07, 6.45) is 5.25. The number of fused-ring (bicyclic) bond motifs is 1. The molecule has 0 fully saturated rings. The van der Waals surface area contributed by atoms with Crippen LogP contribution in [-0.4, -0.2) is 24.5 Å². The van der Waals surface area contributed by atoms with Crippen LogP contribution in [0.2, 0.25) is 5.02 Å². The molecule has 0 saturated carbocycles. The third kappa shape index (κ3) is 3.90. The second kappa shape index (κ2) is 7.73. The molecule has 0 atom stereocenters. The Labute approximate surface area is 156 Å². The largest absolute Gasteiger partial charge is 0.332 e. The highest BCUT2D eigenvalue weighted by Gasteiger charge is 2.18.